The van der Waals surface area contributed by atoms with E-state index >= 15 is 0 Å². The molecule has 1 aliphatic carbocycles. The van der Waals surface area contributed by atoms with Crippen LogP contribution in [0.25, 0.3) is 0 Å². The zero-order valence-electron chi connectivity index (χ0n) is 14.5. The van der Waals surface area contributed by atoms with Crippen LogP contribution in [-0.2, 0) is 14.0 Å². The van der Waals surface area contributed by atoms with Crippen molar-refractivity contribution >= 4 is 7.12 Å². The normalized spacial score (nSPS) is 31.1. The van der Waals surface area contributed by atoms with Gasteiger partial charge in [0.2, 0.25) is 0 Å². The number of hydrogen-bond acceptors (Lipinski definition) is 3. The first-order valence-electron chi connectivity index (χ1n) is 8.45. The molecule has 5 heteroatoms. The quantitative estimate of drug-likeness (QED) is 0.720. The Kier molecular flexibility index (Phi) is 3.98. The minimum Gasteiger partial charge on any atom is -0.398 e. The van der Waals surface area contributed by atoms with Gasteiger partial charge in [-0.25, -0.2) is 4.39 Å². The zero-order valence-corrected chi connectivity index (χ0v) is 14.5. The molecule has 1 saturated carbocycles. The van der Waals surface area contributed by atoms with E-state index in [2.05, 4.69) is 0 Å². The molecule has 0 aromatic rings. The molecule has 0 bridgehead atoms. The van der Waals surface area contributed by atoms with E-state index in [4.69, 9.17) is 14.0 Å². The third-order valence-corrected chi connectivity index (χ3v) is 6.36. The smallest absolute Gasteiger partial charge is 0.398 e. The topological polar surface area (TPSA) is 27.7 Å². The molecule has 3 rings (SSSR count). The van der Waals surface area contributed by atoms with Crippen molar-refractivity contribution in [3.05, 3.63) is 11.3 Å². The van der Waals surface area contributed by atoms with Gasteiger partial charge in [0.15, 0.2) is 0 Å². The van der Waals surface area contributed by atoms with Crippen molar-refractivity contribution in [3.8, 4) is 0 Å². The molecule has 3 fully saturated rings. The lowest BCUT2D eigenvalue weighted by Crippen LogP contribution is -2.42. The summed E-state index contributed by atoms with van der Waals surface area (Å²) < 4.78 is 31.9. The fourth-order valence-electron chi connectivity index (χ4n) is 3.83. The Bertz CT molecular complexity index is 456. The van der Waals surface area contributed by atoms with Gasteiger partial charge in [0.25, 0.3) is 0 Å². The summed E-state index contributed by atoms with van der Waals surface area (Å²) in [6.45, 7) is 11.4. The van der Waals surface area contributed by atoms with Crippen LogP contribution in [0, 0.1) is 11.3 Å². The van der Waals surface area contributed by atoms with Crippen molar-refractivity contribution in [3.63, 3.8) is 0 Å². The van der Waals surface area contributed by atoms with Crippen molar-refractivity contribution in [2.45, 2.75) is 71.5 Å². The number of halogens is 1. The second-order valence-corrected chi connectivity index (χ2v) is 8.34. The Morgan fingerprint density at radius 3 is 2.00 bits per heavy atom. The predicted octanol–water partition coefficient (Wildman–Crippen LogP) is 4.07. The minimum atomic E-state index is -0.851. The van der Waals surface area contributed by atoms with Crippen LogP contribution in [0.5, 0.6) is 0 Å². The van der Waals surface area contributed by atoms with Crippen LogP contribution in [0.4, 0.5) is 4.39 Å². The van der Waals surface area contributed by atoms with E-state index in [-0.39, 0.29) is 5.73 Å². The van der Waals surface area contributed by atoms with Crippen LogP contribution in [0.1, 0.15) is 60.3 Å². The average Bonchev–Trinajstić information content (AvgIpc) is 2.64. The molecule has 3 aliphatic rings. The summed E-state index contributed by atoms with van der Waals surface area (Å²) >= 11 is 0. The van der Waals surface area contributed by atoms with Crippen molar-refractivity contribution in [1.82, 2.24) is 0 Å². The Morgan fingerprint density at radius 2 is 1.50 bits per heavy atom. The SMILES string of the molecule is CC(=C(F)B1OC(C)(C)C(C)(C)O1)C1CC2(CCOCC2)C1. The van der Waals surface area contributed by atoms with Crippen LogP contribution in [-0.4, -0.2) is 31.5 Å². The summed E-state index contributed by atoms with van der Waals surface area (Å²) in [4.78, 5) is 0. The van der Waals surface area contributed by atoms with Gasteiger partial charge in [-0.2, -0.15) is 0 Å². The lowest BCUT2D eigenvalue weighted by atomic mass is 9.56. The highest BCUT2D eigenvalue weighted by Gasteiger charge is 2.54. The number of allylic oxidation sites excluding steroid dienone is 1. The molecule has 2 heterocycles. The van der Waals surface area contributed by atoms with Crippen LogP contribution in [0.2, 0.25) is 0 Å². The summed E-state index contributed by atoms with van der Waals surface area (Å²) in [5.41, 5.74) is 0.0230. The van der Waals surface area contributed by atoms with Crippen LogP contribution in [0.3, 0.4) is 0 Å². The molecule has 3 nitrogen and oxygen atoms in total. The summed E-state index contributed by atoms with van der Waals surface area (Å²) in [7, 11) is -0.851. The average molecular weight is 310 g/mol. The van der Waals surface area contributed by atoms with Gasteiger partial charge >= 0.3 is 7.12 Å². The molecule has 0 N–H and O–H groups in total. The van der Waals surface area contributed by atoms with Gasteiger partial charge in [0, 0.05) is 13.2 Å². The first-order chi connectivity index (χ1) is 10.2. The lowest BCUT2D eigenvalue weighted by molar-refractivity contribution is -0.0501. The molecular weight excluding hydrogens is 282 g/mol. The summed E-state index contributed by atoms with van der Waals surface area (Å²) in [6.07, 6.45) is 4.40. The minimum absolute atomic E-state index is 0.217. The summed E-state index contributed by atoms with van der Waals surface area (Å²) in [6, 6.07) is 0. The third kappa shape index (κ3) is 2.65. The Hall–Kier alpha value is -0.385. The molecule has 0 aromatic carbocycles. The van der Waals surface area contributed by atoms with Crippen molar-refractivity contribution in [2.75, 3.05) is 13.2 Å². The van der Waals surface area contributed by atoms with E-state index in [0.717, 1.165) is 44.5 Å². The van der Waals surface area contributed by atoms with Gasteiger partial charge in [-0.05, 0) is 77.2 Å². The highest BCUT2D eigenvalue weighted by molar-refractivity contribution is 6.53. The Balaban J connectivity index is 1.67. The number of hydrogen-bond donors (Lipinski definition) is 0. The van der Waals surface area contributed by atoms with Crippen LogP contribution >= 0.6 is 0 Å². The van der Waals surface area contributed by atoms with Crippen molar-refractivity contribution in [1.29, 1.82) is 0 Å². The maximum atomic E-state index is 14.8. The van der Waals surface area contributed by atoms with Gasteiger partial charge < -0.3 is 14.0 Å². The maximum Gasteiger partial charge on any atom is 0.525 e. The molecule has 0 unspecified atom stereocenters. The van der Waals surface area contributed by atoms with Gasteiger partial charge in [0.05, 0.1) is 11.2 Å². The first-order valence-corrected chi connectivity index (χ1v) is 8.45. The van der Waals surface area contributed by atoms with E-state index < -0.39 is 18.3 Å². The molecule has 2 aliphatic heterocycles. The molecule has 1 spiro atoms. The molecule has 0 atom stereocenters. The standard InChI is InChI=1S/C17H28BFO3/c1-12(13-10-17(11-13)6-8-20-9-7-17)14(19)18-21-15(2,3)16(4,5)22-18/h13H,6-11H2,1-5H3. The van der Waals surface area contributed by atoms with Crippen molar-refractivity contribution < 1.29 is 18.4 Å². The maximum absolute atomic E-state index is 14.8. The molecular formula is C17H28BFO3. The van der Waals surface area contributed by atoms with Crippen molar-refractivity contribution in [2.24, 2.45) is 11.3 Å². The molecule has 124 valence electrons. The fraction of sp³-hybridized carbons (Fsp3) is 0.882. The van der Waals surface area contributed by atoms with Gasteiger partial charge in [-0.1, -0.05) is 0 Å². The summed E-state index contributed by atoms with van der Waals surface area (Å²) in [5, 5.41) is 0. The van der Waals surface area contributed by atoms with E-state index in [1.54, 1.807) is 0 Å². The highest BCUT2D eigenvalue weighted by atomic mass is 19.1. The van der Waals surface area contributed by atoms with Gasteiger partial charge in [-0.3, -0.25) is 0 Å². The van der Waals surface area contributed by atoms with Crippen LogP contribution in [0.15, 0.2) is 11.3 Å². The largest absolute Gasteiger partial charge is 0.525 e. The van der Waals surface area contributed by atoms with Gasteiger partial charge in [-0.15, -0.1) is 0 Å². The monoisotopic (exact) mass is 310 g/mol. The Labute approximate surface area is 133 Å². The number of rotatable bonds is 2. The van der Waals surface area contributed by atoms with Gasteiger partial charge in [0.1, 0.15) is 5.73 Å². The predicted molar refractivity (Wildman–Crippen MR) is 85.1 cm³/mol. The highest BCUT2D eigenvalue weighted by Crippen LogP contribution is 2.55. The number of ether oxygens (including phenoxy) is 1. The first kappa shape index (κ1) is 16.5. The molecule has 0 aromatic heterocycles. The second-order valence-electron chi connectivity index (χ2n) is 8.34. The lowest BCUT2D eigenvalue weighted by Gasteiger charge is -2.50. The fourth-order valence-corrected chi connectivity index (χ4v) is 3.83. The zero-order chi connectivity index (χ0) is 16.2. The molecule has 22 heavy (non-hydrogen) atoms. The van der Waals surface area contributed by atoms with Crippen LogP contribution < -0.4 is 0 Å². The van der Waals surface area contributed by atoms with E-state index in [1.807, 2.05) is 34.6 Å². The molecule has 2 saturated heterocycles. The Morgan fingerprint density at radius 1 is 1.00 bits per heavy atom. The molecule has 0 radical (unpaired) electrons. The van der Waals surface area contributed by atoms with E-state index in [1.165, 1.54) is 0 Å². The summed E-state index contributed by atoms with van der Waals surface area (Å²) in [5.74, 6) is 0.331. The molecule has 0 amide bonds. The van der Waals surface area contributed by atoms with E-state index in [9.17, 15) is 4.39 Å². The second kappa shape index (κ2) is 5.32. The third-order valence-electron chi connectivity index (χ3n) is 6.36. The van der Waals surface area contributed by atoms with E-state index in [0.29, 0.717) is 11.3 Å².